The molecule has 1 aliphatic rings. The van der Waals surface area contributed by atoms with Crippen molar-refractivity contribution in [2.75, 3.05) is 11.4 Å². The number of carbonyl (C=O) groups excluding carboxylic acids is 1. The van der Waals surface area contributed by atoms with Crippen LogP contribution < -0.4 is 4.90 Å². The summed E-state index contributed by atoms with van der Waals surface area (Å²) >= 11 is 0. The number of unbranched alkanes of at least 4 members (excludes halogenated alkanes) is 1. The van der Waals surface area contributed by atoms with Crippen LogP contribution in [0.2, 0.25) is 0 Å². The van der Waals surface area contributed by atoms with Crippen molar-refractivity contribution < 1.29 is 9.90 Å². The molecule has 1 atom stereocenters. The minimum absolute atomic E-state index is 0.111. The molecule has 0 radical (unpaired) electrons. The van der Waals surface area contributed by atoms with Gasteiger partial charge in [-0.3, -0.25) is 4.90 Å². The highest BCUT2D eigenvalue weighted by molar-refractivity contribution is 5.94. The van der Waals surface area contributed by atoms with E-state index in [1.807, 2.05) is 49.9 Å². The Kier molecular flexibility index (Phi) is 4.52. The van der Waals surface area contributed by atoms with Crippen LogP contribution in [0.4, 0.5) is 10.5 Å². The molecule has 1 aromatic carbocycles. The van der Waals surface area contributed by atoms with E-state index in [-0.39, 0.29) is 11.6 Å². The molecule has 0 saturated carbocycles. The number of urea groups is 1. The number of aliphatic hydroxyl groups is 1. The predicted molar refractivity (Wildman–Crippen MR) is 90.0 cm³/mol. The number of hydrogen-bond acceptors (Lipinski definition) is 2. The monoisotopic (exact) mass is 304 g/mol. The molecular weight excluding hydrogens is 276 g/mol. The van der Waals surface area contributed by atoms with Gasteiger partial charge in [-0.2, -0.15) is 0 Å². The topological polar surface area (TPSA) is 43.8 Å². The summed E-state index contributed by atoms with van der Waals surface area (Å²) in [6.45, 7) is 10.6. The van der Waals surface area contributed by atoms with Crippen LogP contribution in [0.15, 0.2) is 24.3 Å². The van der Waals surface area contributed by atoms with E-state index in [1.165, 1.54) is 0 Å². The fraction of sp³-hybridized carbons (Fsp3) is 0.611. The number of nitrogens with zero attached hydrogens (tertiary/aromatic N) is 2. The molecule has 4 nitrogen and oxygen atoms in total. The Morgan fingerprint density at radius 2 is 1.95 bits per heavy atom. The summed E-state index contributed by atoms with van der Waals surface area (Å²) in [6.07, 6.45) is 2.53. The highest BCUT2D eigenvalue weighted by Gasteiger charge is 2.50. The first-order valence-corrected chi connectivity index (χ1v) is 8.10. The van der Waals surface area contributed by atoms with Gasteiger partial charge < -0.3 is 10.0 Å². The molecule has 0 aliphatic carbocycles. The van der Waals surface area contributed by atoms with Crippen LogP contribution in [-0.4, -0.2) is 33.8 Å². The molecule has 1 aliphatic heterocycles. The number of rotatable bonds is 4. The van der Waals surface area contributed by atoms with Crippen LogP contribution in [0.1, 0.15) is 52.5 Å². The van der Waals surface area contributed by atoms with Gasteiger partial charge in [0.15, 0.2) is 0 Å². The van der Waals surface area contributed by atoms with Crippen LogP contribution >= 0.6 is 0 Å². The van der Waals surface area contributed by atoms with E-state index < -0.39 is 5.72 Å². The van der Waals surface area contributed by atoms with Crippen molar-refractivity contribution in [3.05, 3.63) is 29.8 Å². The molecule has 1 aromatic rings. The van der Waals surface area contributed by atoms with E-state index in [9.17, 15) is 9.90 Å². The number of benzene rings is 1. The largest absolute Gasteiger partial charge is 0.371 e. The van der Waals surface area contributed by atoms with E-state index in [2.05, 4.69) is 6.92 Å². The predicted octanol–water partition coefficient (Wildman–Crippen LogP) is 3.91. The minimum atomic E-state index is -1.18. The second-order valence-electron chi connectivity index (χ2n) is 7.17. The van der Waals surface area contributed by atoms with Gasteiger partial charge in [-0.05, 0) is 51.8 Å². The molecule has 0 bridgehead atoms. The molecule has 22 heavy (non-hydrogen) atoms. The van der Waals surface area contributed by atoms with Crippen molar-refractivity contribution in [2.24, 2.45) is 0 Å². The SMILES string of the molecule is CCCCN1C(=O)N(c2cccc(C)c2)C(C)(O)CC1(C)C. The van der Waals surface area contributed by atoms with Crippen molar-refractivity contribution in [1.82, 2.24) is 4.90 Å². The summed E-state index contributed by atoms with van der Waals surface area (Å²) in [7, 11) is 0. The first kappa shape index (κ1) is 16.8. The van der Waals surface area contributed by atoms with E-state index in [1.54, 1.807) is 11.8 Å². The summed E-state index contributed by atoms with van der Waals surface area (Å²) in [4.78, 5) is 16.5. The molecule has 1 unspecified atom stereocenters. The molecule has 2 rings (SSSR count). The van der Waals surface area contributed by atoms with Crippen molar-refractivity contribution in [3.63, 3.8) is 0 Å². The number of anilines is 1. The summed E-state index contributed by atoms with van der Waals surface area (Å²) in [5.41, 5.74) is 0.297. The summed E-state index contributed by atoms with van der Waals surface area (Å²) in [5.74, 6) is 0. The van der Waals surface area contributed by atoms with Gasteiger partial charge in [-0.25, -0.2) is 4.79 Å². The fourth-order valence-electron chi connectivity index (χ4n) is 3.45. The normalized spacial score (nSPS) is 24.7. The van der Waals surface area contributed by atoms with E-state index in [0.717, 1.165) is 30.6 Å². The van der Waals surface area contributed by atoms with E-state index in [4.69, 9.17) is 0 Å². The summed E-state index contributed by atoms with van der Waals surface area (Å²) in [5, 5.41) is 10.9. The van der Waals surface area contributed by atoms with Gasteiger partial charge in [0.25, 0.3) is 0 Å². The first-order chi connectivity index (χ1) is 10.2. The van der Waals surface area contributed by atoms with Crippen LogP contribution in [0.25, 0.3) is 0 Å². The van der Waals surface area contributed by atoms with E-state index >= 15 is 0 Å². The van der Waals surface area contributed by atoms with Crippen LogP contribution in [0.5, 0.6) is 0 Å². The van der Waals surface area contributed by atoms with Crippen molar-refractivity contribution in [2.45, 2.75) is 65.1 Å². The third-order valence-electron chi connectivity index (χ3n) is 4.40. The lowest BCUT2D eigenvalue weighted by atomic mass is 9.87. The Bertz CT molecular complexity index is 552. The average molecular weight is 304 g/mol. The molecule has 4 heteroatoms. The first-order valence-electron chi connectivity index (χ1n) is 8.10. The lowest BCUT2D eigenvalue weighted by Crippen LogP contribution is -2.68. The fourth-order valence-corrected chi connectivity index (χ4v) is 3.45. The molecule has 122 valence electrons. The Hall–Kier alpha value is -1.55. The molecule has 1 fully saturated rings. The van der Waals surface area contributed by atoms with Crippen LogP contribution in [0, 0.1) is 6.92 Å². The highest BCUT2D eigenvalue weighted by Crippen LogP contribution is 2.39. The van der Waals surface area contributed by atoms with Crippen molar-refractivity contribution in [3.8, 4) is 0 Å². The average Bonchev–Trinajstić information content (AvgIpc) is 2.36. The standard InChI is InChI=1S/C18H28N2O2/c1-6-7-11-19-16(21)20(15-10-8-9-14(2)12-15)18(5,22)13-17(19,3)4/h8-10,12,22H,6-7,11,13H2,1-5H3. The second-order valence-corrected chi connectivity index (χ2v) is 7.17. The van der Waals surface area contributed by atoms with Gasteiger partial charge in [0.2, 0.25) is 0 Å². The molecular formula is C18H28N2O2. The van der Waals surface area contributed by atoms with Gasteiger partial charge in [0.1, 0.15) is 5.72 Å². The van der Waals surface area contributed by atoms with E-state index in [0.29, 0.717) is 6.42 Å². The summed E-state index contributed by atoms with van der Waals surface area (Å²) < 4.78 is 0. The zero-order valence-corrected chi connectivity index (χ0v) is 14.4. The minimum Gasteiger partial charge on any atom is -0.371 e. The van der Waals surface area contributed by atoms with Crippen molar-refractivity contribution in [1.29, 1.82) is 0 Å². The Balaban J connectivity index is 2.41. The molecule has 1 N–H and O–H groups in total. The number of carbonyl (C=O) groups is 1. The third kappa shape index (κ3) is 3.12. The maximum Gasteiger partial charge on any atom is 0.327 e. The number of aryl methyl sites for hydroxylation is 1. The van der Waals surface area contributed by atoms with Gasteiger partial charge in [-0.15, -0.1) is 0 Å². The van der Waals surface area contributed by atoms with Gasteiger partial charge in [-0.1, -0.05) is 25.5 Å². The zero-order chi connectivity index (χ0) is 16.5. The van der Waals surface area contributed by atoms with Crippen molar-refractivity contribution >= 4 is 11.7 Å². The maximum atomic E-state index is 13.1. The van der Waals surface area contributed by atoms with Gasteiger partial charge in [0, 0.05) is 24.2 Å². The summed E-state index contributed by atoms with van der Waals surface area (Å²) in [6, 6.07) is 7.63. The smallest absolute Gasteiger partial charge is 0.327 e. The Morgan fingerprint density at radius 3 is 2.55 bits per heavy atom. The molecule has 0 spiro atoms. The lowest BCUT2D eigenvalue weighted by Gasteiger charge is -2.53. The van der Waals surface area contributed by atoms with Gasteiger partial charge in [0.05, 0.1) is 0 Å². The second kappa shape index (κ2) is 5.92. The van der Waals surface area contributed by atoms with Crippen LogP contribution in [-0.2, 0) is 0 Å². The maximum absolute atomic E-state index is 13.1. The molecule has 0 aromatic heterocycles. The number of amides is 2. The Labute approximate surface area is 133 Å². The quantitative estimate of drug-likeness (QED) is 0.916. The van der Waals surface area contributed by atoms with Gasteiger partial charge >= 0.3 is 6.03 Å². The zero-order valence-electron chi connectivity index (χ0n) is 14.4. The third-order valence-corrected chi connectivity index (χ3v) is 4.40. The van der Waals surface area contributed by atoms with Crippen LogP contribution in [0.3, 0.4) is 0 Å². The number of hydrogen-bond donors (Lipinski definition) is 1. The lowest BCUT2D eigenvalue weighted by molar-refractivity contribution is -0.0255. The highest BCUT2D eigenvalue weighted by atomic mass is 16.3. The molecule has 2 amide bonds. The molecule has 1 saturated heterocycles. The molecule has 1 heterocycles. The Morgan fingerprint density at radius 1 is 1.27 bits per heavy atom.